The van der Waals surface area contributed by atoms with Crippen LogP contribution >= 0.6 is 0 Å². The summed E-state index contributed by atoms with van der Waals surface area (Å²) in [5.41, 5.74) is 2.16. The van der Waals surface area contributed by atoms with Gasteiger partial charge in [-0.2, -0.15) is 5.10 Å². The molecule has 0 spiro atoms. The third kappa shape index (κ3) is 3.97. The largest absolute Gasteiger partial charge is 0.354 e. The minimum Gasteiger partial charge on any atom is -0.354 e. The summed E-state index contributed by atoms with van der Waals surface area (Å²) in [4.78, 5) is 29.0. The number of hydrogen-bond acceptors (Lipinski definition) is 7. The quantitative estimate of drug-likeness (QED) is 0.568. The van der Waals surface area contributed by atoms with Gasteiger partial charge in [-0.3, -0.25) is 14.3 Å². The van der Waals surface area contributed by atoms with Crippen molar-refractivity contribution in [2.75, 3.05) is 17.6 Å². The van der Waals surface area contributed by atoms with Gasteiger partial charge in [0.05, 0.1) is 5.69 Å². The molecule has 2 amide bonds. The monoisotopic (exact) mass is 409 g/mol. The van der Waals surface area contributed by atoms with E-state index in [4.69, 9.17) is 4.11 Å². The molecule has 30 heavy (non-hydrogen) atoms. The van der Waals surface area contributed by atoms with Crippen molar-refractivity contribution in [3.05, 3.63) is 41.9 Å². The van der Waals surface area contributed by atoms with Gasteiger partial charge >= 0.3 is 0 Å². The van der Waals surface area contributed by atoms with Crippen LogP contribution in [0.15, 0.2) is 30.6 Å². The molecule has 1 aromatic carbocycles. The van der Waals surface area contributed by atoms with Gasteiger partial charge in [0.1, 0.15) is 6.33 Å². The molecule has 3 N–H and O–H groups in total. The van der Waals surface area contributed by atoms with E-state index in [0.717, 1.165) is 24.0 Å². The number of hydrogen-bond donors (Lipinski definition) is 3. The fourth-order valence-corrected chi connectivity index (χ4v) is 2.97. The second-order valence-electron chi connectivity index (χ2n) is 7.05. The molecule has 0 bridgehead atoms. The van der Waals surface area contributed by atoms with Crippen LogP contribution in [0.5, 0.6) is 0 Å². The number of carbonyl (C=O) groups is 2. The molecule has 0 aliphatic heterocycles. The molecule has 0 radical (unpaired) electrons. The number of aromatic nitrogens is 5. The second kappa shape index (κ2) is 7.90. The Hall–Kier alpha value is -3.82. The molecule has 0 atom stereocenters. The molecule has 1 fully saturated rings. The first-order chi connectivity index (χ1) is 15.6. The third-order valence-electron chi connectivity index (χ3n) is 4.77. The van der Waals surface area contributed by atoms with Crippen LogP contribution in [0, 0.1) is 12.8 Å². The molecular weight excluding hydrogens is 384 g/mol. The predicted molar refractivity (Wildman–Crippen MR) is 111 cm³/mol. The zero-order valence-corrected chi connectivity index (χ0v) is 16.4. The number of amides is 2. The summed E-state index contributed by atoms with van der Waals surface area (Å²) in [6.45, 7) is -0.837. The van der Waals surface area contributed by atoms with E-state index >= 15 is 0 Å². The molecule has 2 heterocycles. The van der Waals surface area contributed by atoms with Gasteiger partial charge in [-0.1, -0.05) is 12.1 Å². The van der Waals surface area contributed by atoms with Gasteiger partial charge in [0.15, 0.2) is 17.3 Å². The van der Waals surface area contributed by atoms with E-state index in [-0.39, 0.29) is 29.0 Å². The van der Waals surface area contributed by atoms with Crippen molar-refractivity contribution in [3.63, 3.8) is 0 Å². The maximum absolute atomic E-state index is 12.6. The van der Waals surface area contributed by atoms with Crippen molar-refractivity contribution in [1.82, 2.24) is 30.3 Å². The Balaban J connectivity index is 1.69. The molecule has 1 aliphatic rings. The minimum absolute atomic E-state index is 0.0495. The van der Waals surface area contributed by atoms with Crippen molar-refractivity contribution in [3.8, 4) is 11.4 Å². The number of carbonyl (C=O) groups excluding carboxylic acids is 2. The molecule has 1 saturated carbocycles. The van der Waals surface area contributed by atoms with Crippen molar-refractivity contribution in [2.45, 2.75) is 19.8 Å². The number of nitrogens with zero attached hydrogens (tertiary/aromatic N) is 5. The molecule has 1 aliphatic carbocycles. The highest BCUT2D eigenvalue weighted by Gasteiger charge is 2.30. The number of benzene rings is 1. The summed E-state index contributed by atoms with van der Waals surface area (Å²) < 4.78 is 23.5. The minimum atomic E-state index is -2.70. The zero-order chi connectivity index (χ0) is 23.8. The predicted octanol–water partition coefficient (Wildman–Crippen LogP) is 2.03. The Bertz CT molecular complexity index is 1220. The number of rotatable bonds is 6. The van der Waals surface area contributed by atoms with Crippen LogP contribution in [0.4, 0.5) is 17.2 Å². The van der Waals surface area contributed by atoms with Crippen molar-refractivity contribution < 1.29 is 13.7 Å². The number of anilines is 3. The van der Waals surface area contributed by atoms with Gasteiger partial charge in [0, 0.05) is 41.4 Å². The van der Waals surface area contributed by atoms with Crippen LogP contribution in [0.25, 0.3) is 11.4 Å². The average Bonchev–Trinajstić information content (AvgIpc) is 3.50. The van der Waals surface area contributed by atoms with Crippen LogP contribution in [0.3, 0.4) is 0 Å². The lowest BCUT2D eigenvalue weighted by molar-refractivity contribution is -0.117. The van der Waals surface area contributed by atoms with E-state index in [9.17, 15) is 9.59 Å². The standard InChI is InChI=1S/C20H22N8O2/c1-11-13(18-22-10-28(3)27-18)5-4-6-14(11)23-15-9-16(24-19(29)12-7-8-12)25-26-17(15)20(30)21-2/h4-6,9-10,12H,7-8H2,1-3H3,(H,21,30)(H2,23,24,25,29)/i2D3. The van der Waals surface area contributed by atoms with Gasteiger partial charge in [-0.05, 0) is 31.4 Å². The fourth-order valence-electron chi connectivity index (χ4n) is 2.97. The first-order valence-electron chi connectivity index (χ1n) is 10.8. The lowest BCUT2D eigenvalue weighted by Crippen LogP contribution is -2.22. The van der Waals surface area contributed by atoms with E-state index in [0.29, 0.717) is 11.5 Å². The van der Waals surface area contributed by atoms with Gasteiger partial charge < -0.3 is 16.0 Å². The highest BCUT2D eigenvalue weighted by Crippen LogP contribution is 2.32. The Kier molecular flexibility index (Phi) is 4.22. The first-order valence-corrected chi connectivity index (χ1v) is 9.34. The molecule has 3 aromatic rings. The van der Waals surface area contributed by atoms with Crippen LogP contribution in [-0.2, 0) is 11.8 Å². The average molecular weight is 409 g/mol. The van der Waals surface area contributed by atoms with Crippen LogP contribution in [0.1, 0.15) is 33.0 Å². The van der Waals surface area contributed by atoms with Gasteiger partial charge in [-0.25, -0.2) is 4.98 Å². The summed E-state index contributed by atoms with van der Waals surface area (Å²) in [7, 11) is 1.77. The lowest BCUT2D eigenvalue weighted by atomic mass is 10.1. The Labute approximate surface area is 177 Å². The molecule has 4 rings (SSSR count). The Morgan fingerprint density at radius 3 is 2.77 bits per heavy atom. The van der Waals surface area contributed by atoms with Crippen LogP contribution in [-0.4, -0.2) is 43.8 Å². The summed E-state index contributed by atoms with van der Waals surface area (Å²) in [6.07, 6.45) is 3.22. The van der Waals surface area contributed by atoms with E-state index in [1.165, 1.54) is 6.07 Å². The molecular formula is C20H22N8O2. The van der Waals surface area contributed by atoms with Gasteiger partial charge in [0.25, 0.3) is 5.91 Å². The highest BCUT2D eigenvalue weighted by atomic mass is 16.2. The number of aryl methyl sites for hydroxylation is 1. The SMILES string of the molecule is [2H]C([2H])([2H])NC(=O)c1nnc(NC(=O)C2CC2)cc1Nc1cccc(-c2ncn(C)n2)c1C. The van der Waals surface area contributed by atoms with E-state index in [1.807, 2.05) is 18.3 Å². The topological polar surface area (TPSA) is 127 Å². The van der Waals surface area contributed by atoms with Crippen molar-refractivity contribution >= 4 is 29.0 Å². The normalized spacial score (nSPS) is 14.9. The molecule has 0 saturated heterocycles. The molecule has 10 nitrogen and oxygen atoms in total. The highest BCUT2D eigenvalue weighted by molar-refractivity contribution is 5.99. The summed E-state index contributed by atoms with van der Waals surface area (Å²) in [5.74, 6) is -0.463. The van der Waals surface area contributed by atoms with Gasteiger partial charge in [-0.15, -0.1) is 10.2 Å². The zero-order valence-electron chi connectivity index (χ0n) is 19.4. The van der Waals surface area contributed by atoms with Crippen LogP contribution in [0.2, 0.25) is 0 Å². The van der Waals surface area contributed by atoms with Crippen molar-refractivity contribution in [1.29, 1.82) is 0 Å². The molecule has 10 heteroatoms. The maximum Gasteiger partial charge on any atom is 0.273 e. The Morgan fingerprint density at radius 2 is 2.07 bits per heavy atom. The summed E-state index contributed by atoms with van der Waals surface area (Å²) in [6, 6.07) is 6.90. The summed E-state index contributed by atoms with van der Waals surface area (Å²) in [5, 5.41) is 19.8. The fraction of sp³-hybridized carbons (Fsp3) is 0.300. The maximum atomic E-state index is 12.6. The van der Waals surface area contributed by atoms with Gasteiger partial charge in [0.2, 0.25) is 5.91 Å². The lowest BCUT2D eigenvalue weighted by Gasteiger charge is -2.15. The summed E-state index contributed by atoms with van der Waals surface area (Å²) >= 11 is 0. The van der Waals surface area contributed by atoms with E-state index in [1.54, 1.807) is 30.2 Å². The van der Waals surface area contributed by atoms with Crippen LogP contribution < -0.4 is 16.0 Å². The smallest absolute Gasteiger partial charge is 0.273 e. The van der Waals surface area contributed by atoms with E-state index < -0.39 is 12.9 Å². The van der Waals surface area contributed by atoms with E-state index in [2.05, 4.69) is 30.9 Å². The molecule has 2 aromatic heterocycles. The Morgan fingerprint density at radius 1 is 1.23 bits per heavy atom. The van der Waals surface area contributed by atoms with Crippen molar-refractivity contribution in [2.24, 2.45) is 13.0 Å². The molecule has 154 valence electrons. The third-order valence-corrected chi connectivity index (χ3v) is 4.77. The second-order valence-corrected chi connectivity index (χ2v) is 7.05. The number of nitrogens with one attached hydrogen (secondary N) is 3. The first kappa shape index (κ1) is 16.0. The molecule has 0 unspecified atom stereocenters.